The molecule has 0 fully saturated rings. The Morgan fingerprint density at radius 1 is 1.21 bits per heavy atom. The zero-order valence-corrected chi connectivity index (χ0v) is 14.9. The average molecular weight is 379 g/mol. The van der Waals surface area contributed by atoms with Gasteiger partial charge in [0.2, 0.25) is 4.77 Å². The molecule has 0 saturated heterocycles. The lowest BCUT2D eigenvalue weighted by atomic mass is 10.2. The van der Waals surface area contributed by atoms with Gasteiger partial charge in [0.15, 0.2) is 5.82 Å². The third-order valence-corrected chi connectivity index (χ3v) is 4.25. The van der Waals surface area contributed by atoms with Crippen molar-refractivity contribution in [3.63, 3.8) is 0 Å². The quantitative estimate of drug-likeness (QED) is 0.523. The van der Waals surface area contributed by atoms with E-state index in [1.807, 2.05) is 30.3 Å². The highest BCUT2D eigenvalue weighted by Gasteiger charge is 2.09. The summed E-state index contributed by atoms with van der Waals surface area (Å²) in [6.45, 7) is 0. The van der Waals surface area contributed by atoms with Crippen molar-refractivity contribution in [3.8, 4) is 17.1 Å². The van der Waals surface area contributed by atoms with Crippen molar-refractivity contribution in [2.75, 3.05) is 7.11 Å². The summed E-state index contributed by atoms with van der Waals surface area (Å²) in [6.07, 6.45) is 1.64. The molecule has 122 valence electrons. The Labute approximate surface area is 153 Å². The summed E-state index contributed by atoms with van der Waals surface area (Å²) in [7, 11) is 1.61. The van der Waals surface area contributed by atoms with Crippen molar-refractivity contribution < 1.29 is 4.74 Å². The van der Waals surface area contributed by atoms with Crippen LogP contribution in [-0.2, 0) is 0 Å². The molecule has 24 heavy (non-hydrogen) atoms. The molecule has 0 unspecified atom stereocenters. The Kier molecular flexibility index (Phi) is 4.99. The number of ether oxygens (including phenoxy) is 1. The molecule has 3 rings (SSSR count). The number of methoxy groups -OCH3 is 1. The van der Waals surface area contributed by atoms with Crippen LogP contribution in [0.2, 0.25) is 10.0 Å². The minimum atomic E-state index is 0.379. The van der Waals surface area contributed by atoms with E-state index in [-0.39, 0.29) is 0 Å². The molecule has 0 atom stereocenters. The van der Waals surface area contributed by atoms with Crippen LogP contribution in [0.5, 0.6) is 5.75 Å². The van der Waals surface area contributed by atoms with Crippen molar-refractivity contribution in [2.45, 2.75) is 0 Å². The average Bonchev–Trinajstić information content (AvgIpc) is 2.97. The van der Waals surface area contributed by atoms with Crippen molar-refractivity contribution >= 4 is 41.6 Å². The van der Waals surface area contributed by atoms with Crippen LogP contribution >= 0.6 is 35.4 Å². The monoisotopic (exact) mass is 378 g/mol. The molecule has 0 amide bonds. The fraction of sp³-hybridized carbons (Fsp3) is 0.0625. The molecule has 2 aromatic carbocycles. The zero-order valence-electron chi connectivity index (χ0n) is 12.5. The Hall–Kier alpha value is -2.15. The number of hydrogen-bond donors (Lipinski definition) is 1. The first-order valence-corrected chi connectivity index (χ1v) is 8.06. The lowest BCUT2D eigenvalue weighted by Gasteiger charge is -2.04. The van der Waals surface area contributed by atoms with Gasteiger partial charge in [0.1, 0.15) is 5.75 Å². The van der Waals surface area contributed by atoms with Crippen LogP contribution in [0.1, 0.15) is 5.56 Å². The topological polar surface area (TPSA) is 55.2 Å². The van der Waals surface area contributed by atoms with Crippen molar-refractivity contribution in [3.05, 3.63) is 62.8 Å². The van der Waals surface area contributed by atoms with Gasteiger partial charge in [-0.15, -0.1) is 0 Å². The number of aromatic nitrogens is 3. The van der Waals surface area contributed by atoms with Crippen LogP contribution in [0.15, 0.2) is 47.6 Å². The predicted octanol–water partition coefficient (Wildman–Crippen LogP) is 4.81. The van der Waals surface area contributed by atoms with Crippen LogP contribution in [0, 0.1) is 4.77 Å². The van der Waals surface area contributed by atoms with E-state index in [2.05, 4.69) is 15.3 Å². The Morgan fingerprint density at radius 3 is 2.79 bits per heavy atom. The highest BCUT2D eigenvalue weighted by Crippen LogP contribution is 2.23. The van der Waals surface area contributed by atoms with Gasteiger partial charge >= 0.3 is 0 Å². The van der Waals surface area contributed by atoms with Crippen LogP contribution in [-0.4, -0.2) is 28.2 Å². The van der Waals surface area contributed by atoms with Crippen molar-refractivity contribution in [2.24, 2.45) is 5.10 Å². The molecule has 5 nitrogen and oxygen atoms in total. The maximum atomic E-state index is 6.01. The molecule has 0 spiro atoms. The molecule has 0 aliphatic heterocycles. The van der Waals surface area contributed by atoms with Gasteiger partial charge in [0.05, 0.1) is 23.4 Å². The van der Waals surface area contributed by atoms with Gasteiger partial charge in [-0.25, -0.2) is 5.10 Å². The zero-order chi connectivity index (χ0) is 17.1. The number of benzene rings is 2. The van der Waals surface area contributed by atoms with E-state index in [9.17, 15) is 0 Å². The molecule has 0 aliphatic carbocycles. The molecule has 3 aromatic rings. The minimum absolute atomic E-state index is 0.379. The third kappa shape index (κ3) is 3.51. The summed E-state index contributed by atoms with van der Waals surface area (Å²) >= 11 is 17.2. The van der Waals surface area contributed by atoms with E-state index in [1.165, 1.54) is 4.68 Å². The molecule has 0 aliphatic rings. The van der Waals surface area contributed by atoms with Gasteiger partial charge in [-0.1, -0.05) is 41.4 Å². The largest absolute Gasteiger partial charge is 0.497 e. The number of nitrogens with one attached hydrogen (secondary N) is 1. The van der Waals surface area contributed by atoms with Crippen LogP contribution in [0.3, 0.4) is 0 Å². The Bertz CT molecular complexity index is 965. The maximum absolute atomic E-state index is 6.01. The summed E-state index contributed by atoms with van der Waals surface area (Å²) in [6, 6.07) is 12.7. The van der Waals surface area contributed by atoms with E-state index in [0.29, 0.717) is 20.6 Å². The number of aromatic amines is 1. The van der Waals surface area contributed by atoms with Crippen LogP contribution < -0.4 is 4.74 Å². The number of halogens is 2. The first-order valence-electron chi connectivity index (χ1n) is 6.90. The van der Waals surface area contributed by atoms with E-state index >= 15 is 0 Å². The standard InChI is InChI=1S/C16H12Cl2N4OS/c1-23-12-4-2-3-11(8-12)15-20-21-16(24)22(15)19-9-10-5-6-13(17)14(18)7-10/h2-9H,1H3,(H,21,24). The summed E-state index contributed by atoms with van der Waals surface area (Å²) in [5, 5.41) is 12.3. The normalized spacial score (nSPS) is 11.1. The van der Waals surface area contributed by atoms with Crippen LogP contribution in [0.25, 0.3) is 11.4 Å². The lowest BCUT2D eigenvalue weighted by molar-refractivity contribution is 0.415. The minimum Gasteiger partial charge on any atom is -0.497 e. The number of H-pyrrole nitrogens is 1. The summed E-state index contributed by atoms with van der Waals surface area (Å²) < 4.78 is 7.15. The van der Waals surface area contributed by atoms with Gasteiger partial charge < -0.3 is 4.74 Å². The van der Waals surface area contributed by atoms with E-state index in [4.69, 9.17) is 40.2 Å². The molecule has 0 bridgehead atoms. The molecule has 1 heterocycles. The van der Waals surface area contributed by atoms with E-state index < -0.39 is 0 Å². The first kappa shape index (κ1) is 16.7. The van der Waals surface area contributed by atoms with E-state index in [1.54, 1.807) is 25.5 Å². The summed E-state index contributed by atoms with van der Waals surface area (Å²) in [5.74, 6) is 1.30. The molecule has 8 heteroatoms. The Morgan fingerprint density at radius 2 is 2.04 bits per heavy atom. The maximum Gasteiger partial charge on any atom is 0.216 e. The second-order valence-corrected chi connectivity index (χ2v) is 6.02. The third-order valence-electron chi connectivity index (χ3n) is 3.24. The number of nitrogens with zero attached hydrogens (tertiary/aromatic N) is 3. The van der Waals surface area contributed by atoms with Crippen molar-refractivity contribution in [1.82, 2.24) is 14.9 Å². The van der Waals surface area contributed by atoms with E-state index in [0.717, 1.165) is 16.9 Å². The summed E-state index contributed by atoms with van der Waals surface area (Å²) in [4.78, 5) is 0. The molecular formula is C16H12Cl2N4OS. The highest BCUT2D eigenvalue weighted by molar-refractivity contribution is 7.71. The SMILES string of the molecule is COc1cccc(-c2n[nH]c(=S)n2N=Cc2ccc(Cl)c(Cl)c2)c1. The van der Waals surface area contributed by atoms with Gasteiger partial charge in [-0.2, -0.15) is 14.9 Å². The second-order valence-electron chi connectivity index (χ2n) is 4.81. The van der Waals surface area contributed by atoms with Gasteiger partial charge in [0.25, 0.3) is 0 Å². The van der Waals surface area contributed by atoms with Crippen molar-refractivity contribution in [1.29, 1.82) is 0 Å². The number of hydrogen-bond acceptors (Lipinski definition) is 4. The molecule has 1 aromatic heterocycles. The van der Waals surface area contributed by atoms with Gasteiger partial charge in [-0.3, -0.25) is 0 Å². The van der Waals surface area contributed by atoms with Gasteiger partial charge in [0, 0.05) is 5.56 Å². The second kappa shape index (κ2) is 7.17. The molecule has 0 saturated carbocycles. The fourth-order valence-corrected chi connectivity index (χ4v) is 2.55. The fourth-order valence-electron chi connectivity index (χ4n) is 2.06. The predicted molar refractivity (Wildman–Crippen MR) is 98.9 cm³/mol. The first-order chi connectivity index (χ1) is 11.6. The number of rotatable bonds is 4. The highest BCUT2D eigenvalue weighted by atomic mass is 35.5. The van der Waals surface area contributed by atoms with Gasteiger partial charge in [-0.05, 0) is 42.0 Å². The summed E-state index contributed by atoms with van der Waals surface area (Å²) in [5.41, 5.74) is 1.62. The molecule has 0 radical (unpaired) electrons. The molecular weight excluding hydrogens is 367 g/mol. The Balaban J connectivity index is 1.99. The lowest BCUT2D eigenvalue weighted by Crippen LogP contribution is -1.95. The van der Waals surface area contributed by atoms with Crippen LogP contribution in [0.4, 0.5) is 0 Å². The smallest absolute Gasteiger partial charge is 0.216 e. The molecule has 1 N–H and O–H groups in total.